The first-order chi connectivity index (χ1) is 13.6. The maximum absolute atomic E-state index is 13.0. The summed E-state index contributed by atoms with van der Waals surface area (Å²) in [6, 6.07) is 0. The molecule has 1 heterocycles. The van der Waals surface area contributed by atoms with Gasteiger partial charge in [-0.1, -0.05) is 0 Å². The molecule has 2 N–H and O–H groups in total. The molecule has 0 aromatic heterocycles. The number of rotatable bonds is 0. The predicted octanol–water partition coefficient (Wildman–Crippen LogP) is 1.10. The number of hydrogen-bond acceptors (Lipinski definition) is 8. The molecule has 0 aromatic rings. The lowest BCUT2D eigenvalue weighted by Crippen LogP contribution is -2.44. The van der Waals surface area contributed by atoms with Crippen molar-refractivity contribution in [1.82, 2.24) is 0 Å². The van der Waals surface area contributed by atoms with Crippen LogP contribution in [0.3, 0.4) is 0 Å². The molecular weight excluding hydrogens is 434 g/mol. The lowest BCUT2D eigenvalue weighted by atomic mass is 10.1. The van der Waals surface area contributed by atoms with Crippen LogP contribution in [0.2, 0.25) is 0 Å². The van der Waals surface area contributed by atoms with E-state index in [2.05, 4.69) is 14.2 Å². The zero-order valence-electron chi connectivity index (χ0n) is 15.0. The van der Waals surface area contributed by atoms with E-state index in [1.165, 1.54) is 0 Å². The molecule has 0 amide bonds. The molecular formula is C16H16F6O8. The fourth-order valence-electron chi connectivity index (χ4n) is 2.08. The van der Waals surface area contributed by atoms with E-state index in [1.807, 2.05) is 0 Å². The SMILES string of the molecule is C[C@H]1CC(=O)OC(C(F)(F)F)[C@H](O)/C=C/C(=O)OC(C(F)(F)F)[C@H](O)/C=C/C(=O)O1. The largest absolute Gasteiger partial charge is 0.459 e. The summed E-state index contributed by atoms with van der Waals surface area (Å²) in [4.78, 5) is 34.7. The first kappa shape index (κ1) is 25.4. The summed E-state index contributed by atoms with van der Waals surface area (Å²) in [7, 11) is 0. The minimum atomic E-state index is -5.32. The van der Waals surface area contributed by atoms with Gasteiger partial charge in [0.25, 0.3) is 0 Å². The molecule has 5 atom stereocenters. The molecule has 0 saturated carbocycles. The number of ether oxygens (including phenoxy) is 3. The highest BCUT2D eigenvalue weighted by atomic mass is 19.4. The summed E-state index contributed by atoms with van der Waals surface area (Å²) >= 11 is 0. The summed E-state index contributed by atoms with van der Waals surface area (Å²) in [5.41, 5.74) is 0. The first-order valence-electron chi connectivity index (χ1n) is 8.08. The fourth-order valence-corrected chi connectivity index (χ4v) is 2.08. The van der Waals surface area contributed by atoms with Gasteiger partial charge < -0.3 is 24.4 Å². The predicted molar refractivity (Wildman–Crippen MR) is 82.3 cm³/mol. The summed E-state index contributed by atoms with van der Waals surface area (Å²) < 4.78 is 90.7. The van der Waals surface area contributed by atoms with Gasteiger partial charge in [0.05, 0.1) is 6.42 Å². The number of aliphatic hydroxyl groups is 2. The van der Waals surface area contributed by atoms with Gasteiger partial charge in [-0.3, -0.25) is 4.79 Å². The van der Waals surface area contributed by atoms with Crippen molar-refractivity contribution in [2.45, 2.75) is 56.2 Å². The van der Waals surface area contributed by atoms with Crippen molar-refractivity contribution in [2.75, 3.05) is 0 Å². The molecule has 2 unspecified atom stereocenters. The standard InChI is InChI=1S/C16H16F6O8/c1-7-6-12(27)30-14(16(20,21)22)9(24)3-5-11(26)29-13(15(17,18)19)8(23)2-4-10(25)28-7/h2-5,7-9,13-14,23-24H,6H2,1H3/b4-2+,5-3+/t7-,8+,9+,13?,14?/m0/s1. The van der Waals surface area contributed by atoms with E-state index >= 15 is 0 Å². The number of aliphatic hydroxyl groups excluding tert-OH is 2. The molecule has 170 valence electrons. The van der Waals surface area contributed by atoms with Crippen molar-refractivity contribution in [2.24, 2.45) is 0 Å². The Morgan fingerprint density at radius 3 is 1.63 bits per heavy atom. The monoisotopic (exact) mass is 450 g/mol. The van der Waals surface area contributed by atoms with E-state index in [9.17, 15) is 50.9 Å². The van der Waals surface area contributed by atoms with Gasteiger partial charge in [-0.05, 0) is 19.1 Å². The molecule has 0 aliphatic carbocycles. The van der Waals surface area contributed by atoms with Crippen LogP contribution < -0.4 is 0 Å². The second-order valence-corrected chi connectivity index (χ2v) is 6.00. The van der Waals surface area contributed by atoms with Gasteiger partial charge in [0, 0.05) is 12.2 Å². The molecule has 8 nitrogen and oxygen atoms in total. The molecule has 1 aliphatic rings. The van der Waals surface area contributed by atoms with Gasteiger partial charge >= 0.3 is 30.3 Å². The Labute approximate surface area is 164 Å². The normalized spacial score (nSPS) is 32.6. The summed E-state index contributed by atoms with van der Waals surface area (Å²) in [5.74, 6) is -4.75. The molecule has 0 radical (unpaired) electrons. The highest BCUT2D eigenvalue weighted by Crippen LogP contribution is 2.28. The highest BCUT2D eigenvalue weighted by Gasteiger charge is 2.48. The number of alkyl halides is 6. The highest BCUT2D eigenvalue weighted by molar-refractivity contribution is 5.83. The van der Waals surface area contributed by atoms with E-state index in [1.54, 1.807) is 0 Å². The topological polar surface area (TPSA) is 119 Å². The van der Waals surface area contributed by atoms with Crippen molar-refractivity contribution < 1.29 is 65.1 Å². The number of esters is 3. The zero-order valence-corrected chi connectivity index (χ0v) is 15.0. The number of cyclic esters (lactones) is 3. The van der Waals surface area contributed by atoms with Gasteiger partial charge in [-0.25, -0.2) is 9.59 Å². The maximum atomic E-state index is 13.0. The Kier molecular flexibility index (Phi) is 8.42. The lowest BCUT2D eigenvalue weighted by molar-refractivity contribution is -0.238. The number of carbonyl (C=O) groups is 3. The number of carbonyl (C=O) groups excluding carboxylic acids is 3. The van der Waals surface area contributed by atoms with Crippen LogP contribution in [-0.2, 0) is 28.6 Å². The summed E-state index contributed by atoms with van der Waals surface area (Å²) in [6.07, 6.45) is -23.7. The zero-order chi connectivity index (χ0) is 23.3. The Bertz CT molecular complexity index is 699. The van der Waals surface area contributed by atoms with Crippen LogP contribution in [0.25, 0.3) is 0 Å². The summed E-state index contributed by atoms with van der Waals surface area (Å²) in [5, 5.41) is 19.1. The number of hydrogen-bond donors (Lipinski definition) is 2. The van der Waals surface area contributed by atoms with Gasteiger partial charge in [0.1, 0.15) is 18.3 Å². The third-order valence-corrected chi connectivity index (χ3v) is 3.40. The van der Waals surface area contributed by atoms with Crippen LogP contribution >= 0.6 is 0 Å². The molecule has 0 spiro atoms. The minimum Gasteiger partial charge on any atom is -0.459 e. The molecule has 30 heavy (non-hydrogen) atoms. The lowest BCUT2D eigenvalue weighted by Gasteiger charge is -2.25. The molecule has 1 rings (SSSR count). The Balaban J connectivity index is 3.26. The van der Waals surface area contributed by atoms with Gasteiger partial charge in [-0.2, -0.15) is 26.3 Å². The minimum absolute atomic E-state index is 0.0369. The van der Waals surface area contributed by atoms with Gasteiger partial charge in [0.15, 0.2) is 0 Å². The first-order valence-corrected chi connectivity index (χ1v) is 8.08. The number of halogens is 6. The molecule has 0 saturated heterocycles. The van der Waals surface area contributed by atoms with Crippen LogP contribution in [0.5, 0.6) is 0 Å². The van der Waals surface area contributed by atoms with Crippen LogP contribution in [0.15, 0.2) is 24.3 Å². The smallest absolute Gasteiger partial charge is 0.428 e. The van der Waals surface area contributed by atoms with Crippen molar-refractivity contribution in [3.63, 3.8) is 0 Å². The van der Waals surface area contributed by atoms with E-state index in [0.717, 1.165) is 6.92 Å². The molecule has 1 aliphatic heterocycles. The quantitative estimate of drug-likeness (QED) is 0.320. The van der Waals surface area contributed by atoms with Crippen LogP contribution in [0.4, 0.5) is 26.3 Å². The van der Waals surface area contributed by atoms with Crippen molar-refractivity contribution >= 4 is 17.9 Å². The molecule has 0 bridgehead atoms. The second-order valence-electron chi connectivity index (χ2n) is 6.00. The van der Waals surface area contributed by atoms with Gasteiger partial charge in [0.2, 0.25) is 12.2 Å². The van der Waals surface area contributed by atoms with Crippen molar-refractivity contribution in [1.29, 1.82) is 0 Å². The average Bonchev–Trinajstić information content (AvgIpc) is 2.57. The molecule has 0 fully saturated rings. The van der Waals surface area contributed by atoms with Gasteiger partial charge in [-0.15, -0.1) is 0 Å². The fraction of sp³-hybridized carbons (Fsp3) is 0.562. The van der Waals surface area contributed by atoms with E-state index < -0.39 is 67.2 Å². The van der Waals surface area contributed by atoms with Crippen LogP contribution in [0, 0.1) is 0 Å². The Hall–Kier alpha value is -2.61. The van der Waals surface area contributed by atoms with Crippen LogP contribution in [0.1, 0.15) is 13.3 Å². The summed E-state index contributed by atoms with van der Waals surface area (Å²) in [6.45, 7) is 1.08. The Morgan fingerprint density at radius 2 is 1.20 bits per heavy atom. The van der Waals surface area contributed by atoms with E-state index in [4.69, 9.17) is 0 Å². The van der Waals surface area contributed by atoms with Crippen LogP contribution in [-0.4, -0.2) is 71.0 Å². The third-order valence-electron chi connectivity index (χ3n) is 3.40. The maximum Gasteiger partial charge on any atom is 0.428 e. The third kappa shape index (κ3) is 8.02. The van der Waals surface area contributed by atoms with E-state index in [-0.39, 0.29) is 12.2 Å². The van der Waals surface area contributed by atoms with Crippen molar-refractivity contribution in [3.8, 4) is 0 Å². The Morgan fingerprint density at radius 1 is 0.800 bits per heavy atom. The second kappa shape index (κ2) is 9.93. The molecule has 14 heteroatoms. The van der Waals surface area contributed by atoms with E-state index in [0.29, 0.717) is 12.2 Å². The van der Waals surface area contributed by atoms with Crippen molar-refractivity contribution in [3.05, 3.63) is 24.3 Å². The average molecular weight is 450 g/mol. The molecule has 0 aromatic carbocycles.